The number of imide groups is 1. The number of nitrogens with zero attached hydrogens (tertiary/aromatic N) is 2. The van der Waals surface area contributed by atoms with Crippen molar-refractivity contribution in [3.63, 3.8) is 0 Å². The number of rotatable bonds is 2. The van der Waals surface area contributed by atoms with Gasteiger partial charge >= 0.3 is 12.1 Å². The van der Waals surface area contributed by atoms with Crippen LogP contribution in [0.4, 0.5) is 15.3 Å². The summed E-state index contributed by atoms with van der Waals surface area (Å²) in [6.45, 7) is 0.359. The van der Waals surface area contributed by atoms with Crippen molar-refractivity contribution in [2.45, 2.75) is 19.0 Å². The third kappa shape index (κ3) is 2.92. The normalized spacial score (nSPS) is 18.4. The summed E-state index contributed by atoms with van der Waals surface area (Å²) in [7, 11) is 0. The van der Waals surface area contributed by atoms with Crippen molar-refractivity contribution < 1.29 is 14.4 Å². The van der Waals surface area contributed by atoms with Gasteiger partial charge < -0.3 is 10.2 Å². The van der Waals surface area contributed by atoms with Gasteiger partial charge in [0.25, 0.3) is 5.91 Å². The number of carbonyl (C=O) groups excluding carboxylic acids is 3. The molecule has 1 fully saturated rings. The van der Waals surface area contributed by atoms with Crippen LogP contribution in [0.3, 0.4) is 0 Å². The van der Waals surface area contributed by atoms with E-state index < -0.39 is 24.0 Å². The van der Waals surface area contributed by atoms with Gasteiger partial charge in [-0.3, -0.25) is 4.79 Å². The summed E-state index contributed by atoms with van der Waals surface area (Å²) in [4.78, 5) is 38.8. The molecular weight excluding hydrogens is 400 g/mol. The lowest BCUT2D eigenvalue weighted by Gasteiger charge is -2.28. The average molecular weight is 415 g/mol. The highest BCUT2D eigenvalue weighted by Gasteiger charge is 2.48. The first-order valence-electron chi connectivity index (χ1n) is 8.07. The molecule has 5 amide bonds. The minimum Gasteiger partial charge on any atom is -0.307 e. The predicted octanol–water partition coefficient (Wildman–Crippen LogP) is 2.87. The Balaban J connectivity index is 1.47. The number of hydrazine groups is 1. The zero-order valence-corrected chi connectivity index (χ0v) is 15.2. The van der Waals surface area contributed by atoms with E-state index in [2.05, 4.69) is 26.7 Å². The molecule has 2 aliphatic heterocycles. The largest absolute Gasteiger partial charge is 0.347 e. The minimum absolute atomic E-state index is 0.359. The molecule has 1 atom stereocenters. The lowest BCUT2D eigenvalue weighted by Crippen LogP contribution is -2.48. The molecule has 2 aliphatic rings. The molecule has 26 heavy (non-hydrogen) atoms. The van der Waals surface area contributed by atoms with Crippen molar-refractivity contribution >= 4 is 39.6 Å². The summed E-state index contributed by atoms with van der Waals surface area (Å²) >= 11 is 3.31. The van der Waals surface area contributed by atoms with Crippen molar-refractivity contribution in [3.05, 3.63) is 64.1 Å². The quantitative estimate of drug-likeness (QED) is 0.741. The molecule has 8 heteroatoms. The Morgan fingerprint density at radius 3 is 2.46 bits per heavy atom. The zero-order chi connectivity index (χ0) is 18.3. The maximum absolute atomic E-state index is 12.6. The molecule has 0 aromatic heterocycles. The van der Waals surface area contributed by atoms with Gasteiger partial charge in [0.05, 0.1) is 0 Å². The second-order valence-corrected chi connectivity index (χ2v) is 7.06. The molecule has 0 unspecified atom stereocenters. The number of fused-ring (bicyclic) bond motifs is 2. The van der Waals surface area contributed by atoms with Crippen LogP contribution in [0.25, 0.3) is 0 Å². The molecule has 4 rings (SSSR count). The Labute approximate surface area is 158 Å². The molecule has 0 radical (unpaired) electrons. The molecule has 7 nitrogen and oxygen atoms in total. The smallest absolute Gasteiger partial charge is 0.307 e. The molecule has 0 spiro atoms. The number of hydrogen-bond donors (Lipinski definition) is 2. The van der Waals surface area contributed by atoms with Gasteiger partial charge in [0.1, 0.15) is 6.04 Å². The molecule has 2 heterocycles. The van der Waals surface area contributed by atoms with Gasteiger partial charge in [-0.1, -0.05) is 40.2 Å². The van der Waals surface area contributed by atoms with Gasteiger partial charge in [-0.25, -0.2) is 15.0 Å². The third-order valence-corrected chi connectivity index (χ3v) is 5.04. The number of halogens is 1. The number of benzene rings is 2. The molecule has 2 aromatic carbocycles. The van der Waals surface area contributed by atoms with E-state index in [9.17, 15) is 14.4 Å². The fourth-order valence-electron chi connectivity index (χ4n) is 3.21. The van der Waals surface area contributed by atoms with Crippen LogP contribution in [0.2, 0.25) is 0 Å². The molecule has 1 saturated heterocycles. The van der Waals surface area contributed by atoms with Gasteiger partial charge in [0, 0.05) is 23.1 Å². The summed E-state index contributed by atoms with van der Waals surface area (Å²) < 4.78 is 0.879. The maximum atomic E-state index is 12.6. The molecular formula is C18H15BrN4O3. The van der Waals surface area contributed by atoms with E-state index in [0.29, 0.717) is 18.7 Å². The van der Waals surface area contributed by atoms with Crippen LogP contribution in [0, 0.1) is 0 Å². The molecule has 0 bridgehead atoms. The molecule has 2 aromatic rings. The number of amides is 5. The van der Waals surface area contributed by atoms with Crippen LogP contribution < -0.4 is 10.7 Å². The van der Waals surface area contributed by atoms with E-state index in [1.807, 2.05) is 24.3 Å². The van der Waals surface area contributed by atoms with Gasteiger partial charge in [-0.05, 0) is 35.4 Å². The fraction of sp³-hybridized carbons (Fsp3) is 0.167. The van der Waals surface area contributed by atoms with Gasteiger partial charge in [-0.15, -0.1) is 0 Å². The number of nitrogens with one attached hydrogen (secondary N) is 2. The summed E-state index contributed by atoms with van der Waals surface area (Å²) in [5.74, 6) is -0.421. The van der Waals surface area contributed by atoms with Crippen molar-refractivity contribution in [2.75, 3.05) is 5.32 Å². The van der Waals surface area contributed by atoms with Crippen molar-refractivity contribution in [1.29, 1.82) is 0 Å². The van der Waals surface area contributed by atoms with Crippen LogP contribution in [-0.2, 0) is 17.8 Å². The lowest BCUT2D eigenvalue weighted by molar-refractivity contribution is -0.129. The summed E-state index contributed by atoms with van der Waals surface area (Å²) in [6.07, 6.45) is 0.452. The van der Waals surface area contributed by atoms with E-state index >= 15 is 0 Å². The van der Waals surface area contributed by atoms with Crippen molar-refractivity contribution in [2.24, 2.45) is 0 Å². The second-order valence-electron chi connectivity index (χ2n) is 6.15. The highest BCUT2D eigenvalue weighted by Crippen LogP contribution is 2.29. The summed E-state index contributed by atoms with van der Waals surface area (Å²) in [5, 5.41) is 3.40. The number of carbonyl (C=O) groups is 3. The van der Waals surface area contributed by atoms with Crippen LogP contribution in [0.15, 0.2) is 53.0 Å². The molecule has 132 valence electrons. The van der Waals surface area contributed by atoms with E-state index in [4.69, 9.17) is 0 Å². The van der Waals surface area contributed by atoms with Crippen LogP contribution in [0.1, 0.15) is 11.1 Å². The van der Waals surface area contributed by atoms with Gasteiger partial charge in [0.2, 0.25) is 0 Å². The summed E-state index contributed by atoms with van der Waals surface area (Å²) in [6, 6.07) is 12.9. The van der Waals surface area contributed by atoms with Crippen LogP contribution in [0.5, 0.6) is 0 Å². The molecule has 0 aliphatic carbocycles. The van der Waals surface area contributed by atoms with Crippen molar-refractivity contribution in [3.8, 4) is 0 Å². The first-order valence-corrected chi connectivity index (χ1v) is 8.87. The lowest BCUT2D eigenvalue weighted by atomic mass is 9.95. The Kier molecular flexibility index (Phi) is 4.12. The fourth-order valence-corrected chi connectivity index (χ4v) is 3.48. The zero-order valence-electron chi connectivity index (χ0n) is 13.6. The summed E-state index contributed by atoms with van der Waals surface area (Å²) in [5.41, 5.74) is 4.98. The predicted molar refractivity (Wildman–Crippen MR) is 98.0 cm³/mol. The Morgan fingerprint density at radius 1 is 1.04 bits per heavy atom. The van der Waals surface area contributed by atoms with Crippen LogP contribution in [-0.4, -0.2) is 33.9 Å². The average Bonchev–Trinajstić information content (AvgIpc) is 2.86. The maximum Gasteiger partial charge on any atom is 0.347 e. The first-order chi connectivity index (χ1) is 12.5. The Bertz CT molecular complexity index is 857. The monoisotopic (exact) mass is 414 g/mol. The highest BCUT2D eigenvalue weighted by molar-refractivity contribution is 9.10. The Hall–Kier alpha value is -2.87. The van der Waals surface area contributed by atoms with E-state index in [0.717, 1.165) is 20.6 Å². The second kappa shape index (κ2) is 6.45. The highest BCUT2D eigenvalue weighted by atomic mass is 79.9. The first kappa shape index (κ1) is 16.6. The molecule has 2 N–H and O–H groups in total. The Morgan fingerprint density at radius 2 is 1.73 bits per heavy atom. The minimum atomic E-state index is -0.647. The third-order valence-electron chi connectivity index (χ3n) is 4.51. The molecule has 0 saturated carbocycles. The van der Waals surface area contributed by atoms with Gasteiger partial charge in [-0.2, -0.15) is 5.01 Å². The number of anilines is 1. The SMILES string of the molecule is O=C(Nc1ccc(Br)cc1)NN1C(=O)[C@@H]2Cc3ccccc3CN2C1=O. The van der Waals surface area contributed by atoms with Crippen LogP contribution >= 0.6 is 15.9 Å². The van der Waals surface area contributed by atoms with Gasteiger partial charge in [0.15, 0.2) is 0 Å². The standard InChI is InChI=1S/C18H15BrN4O3/c19-13-5-7-14(8-6-13)20-17(25)21-23-16(24)15-9-11-3-1-2-4-12(11)10-22(15)18(23)26/h1-8,15H,9-10H2,(H2,20,21,25)/t15-/m0/s1. The van der Waals surface area contributed by atoms with Crippen molar-refractivity contribution in [1.82, 2.24) is 15.3 Å². The number of hydrogen-bond acceptors (Lipinski definition) is 3. The van der Waals surface area contributed by atoms with E-state index in [-0.39, 0.29) is 0 Å². The number of urea groups is 2. The van der Waals surface area contributed by atoms with E-state index in [1.165, 1.54) is 4.90 Å². The van der Waals surface area contributed by atoms with E-state index in [1.54, 1.807) is 24.3 Å². The topological polar surface area (TPSA) is 81.8 Å².